The topological polar surface area (TPSA) is 32.9 Å². The van der Waals surface area contributed by atoms with Crippen molar-refractivity contribution >= 4 is 39.9 Å². The lowest BCUT2D eigenvalue weighted by atomic mass is 10.0. The third-order valence-corrected chi connectivity index (χ3v) is 3.90. The number of halogens is 3. The van der Waals surface area contributed by atoms with Crippen molar-refractivity contribution < 1.29 is 9.18 Å². The van der Waals surface area contributed by atoms with Crippen molar-refractivity contribution in [2.75, 3.05) is 0 Å². The first-order valence-corrected chi connectivity index (χ1v) is 6.59. The summed E-state index contributed by atoms with van der Waals surface area (Å²) in [6.07, 6.45) is 1.55. The summed E-state index contributed by atoms with van der Waals surface area (Å²) in [5, 5.41) is 1.19. The Labute approximate surface area is 124 Å². The maximum atomic E-state index is 13.1. The van der Waals surface area contributed by atoms with E-state index in [1.54, 1.807) is 30.5 Å². The van der Waals surface area contributed by atoms with Gasteiger partial charge in [-0.2, -0.15) is 0 Å². The maximum Gasteiger partial charge on any atom is 0.196 e. The molecule has 0 fully saturated rings. The summed E-state index contributed by atoms with van der Waals surface area (Å²) in [7, 11) is 0. The van der Waals surface area contributed by atoms with Crippen LogP contribution in [0.25, 0.3) is 10.9 Å². The van der Waals surface area contributed by atoms with Gasteiger partial charge in [-0.1, -0.05) is 29.3 Å². The summed E-state index contributed by atoms with van der Waals surface area (Å²) in [6.45, 7) is 0. The molecule has 0 radical (unpaired) electrons. The molecule has 1 aromatic heterocycles. The second-order valence-corrected chi connectivity index (χ2v) is 5.11. The zero-order valence-electron chi connectivity index (χ0n) is 10.1. The van der Waals surface area contributed by atoms with E-state index < -0.39 is 0 Å². The molecule has 0 aliphatic heterocycles. The molecule has 0 aliphatic carbocycles. The summed E-state index contributed by atoms with van der Waals surface area (Å²) < 4.78 is 13.1. The van der Waals surface area contributed by atoms with Crippen molar-refractivity contribution in [2.45, 2.75) is 0 Å². The van der Waals surface area contributed by atoms with E-state index in [1.165, 1.54) is 12.1 Å². The van der Waals surface area contributed by atoms with E-state index in [0.29, 0.717) is 27.1 Å². The second-order valence-electron chi connectivity index (χ2n) is 4.32. The Hall–Kier alpha value is -1.84. The average Bonchev–Trinajstić information content (AvgIpc) is 2.84. The summed E-state index contributed by atoms with van der Waals surface area (Å²) in [6, 6.07) is 9.10. The highest BCUT2D eigenvalue weighted by atomic mass is 35.5. The number of aromatic nitrogens is 1. The molecule has 3 rings (SSSR count). The first-order chi connectivity index (χ1) is 9.58. The lowest BCUT2D eigenvalue weighted by Gasteiger charge is -2.04. The molecule has 2 aromatic carbocycles. The molecule has 100 valence electrons. The molecule has 0 unspecified atom stereocenters. The standard InChI is InChI=1S/C15H8Cl2FNO/c16-12-3-1-2-10(14(12)17)15(20)11-7-19-13-6-8(18)4-5-9(11)13/h1-7,19H. The highest BCUT2D eigenvalue weighted by molar-refractivity contribution is 6.44. The molecule has 3 aromatic rings. The average molecular weight is 308 g/mol. The molecular formula is C15H8Cl2FNO. The van der Waals surface area contributed by atoms with Gasteiger partial charge in [0.25, 0.3) is 0 Å². The molecule has 0 atom stereocenters. The molecule has 20 heavy (non-hydrogen) atoms. The first kappa shape index (κ1) is 13.2. The summed E-state index contributed by atoms with van der Waals surface area (Å²) >= 11 is 12.0. The van der Waals surface area contributed by atoms with Crippen LogP contribution < -0.4 is 0 Å². The number of aromatic amines is 1. The molecule has 0 bridgehead atoms. The van der Waals surface area contributed by atoms with E-state index in [0.717, 1.165) is 0 Å². The lowest BCUT2D eigenvalue weighted by molar-refractivity contribution is 0.104. The minimum absolute atomic E-state index is 0.218. The Bertz CT molecular complexity index is 826. The molecule has 0 amide bonds. The number of rotatable bonds is 2. The largest absolute Gasteiger partial charge is 0.360 e. The molecule has 0 saturated carbocycles. The number of H-pyrrole nitrogens is 1. The number of ketones is 1. The fraction of sp³-hybridized carbons (Fsp3) is 0. The Balaban J connectivity index is 2.16. The van der Waals surface area contributed by atoms with Crippen molar-refractivity contribution in [3.8, 4) is 0 Å². The number of benzene rings is 2. The molecule has 1 N–H and O–H groups in total. The maximum absolute atomic E-state index is 13.1. The molecule has 2 nitrogen and oxygen atoms in total. The summed E-state index contributed by atoms with van der Waals surface area (Å²) in [5.41, 5.74) is 1.32. The molecule has 5 heteroatoms. The molecule has 0 saturated heterocycles. The van der Waals surface area contributed by atoms with E-state index >= 15 is 0 Å². The van der Waals surface area contributed by atoms with Gasteiger partial charge in [-0.3, -0.25) is 4.79 Å². The van der Waals surface area contributed by atoms with Gasteiger partial charge >= 0.3 is 0 Å². The van der Waals surface area contributed by atoms with Gasteiger partial charge in [0.1, 0.15) is 5.82 Å². The van der Waals surface area contributed by atoms with Crippen molar-refractivity contribution in [3.63, 3.8) is 0 Å². The monoisotopic (exact) mass is 307 g/mol. The predicted octanol–water partition coefficient (Wildman–Crippen LogP) is 4.84. The van der Waals surface area contributed by atoms with Gasteiger partial charge in [-0.25, -0.2) is 4.39 Å². The zero-order valence-corrected chi connectivity index (χ0v) is 11.6. The van der Waals surface area contributed by atoms with E-state index in [2.05, 4.69) is 4.98 Å². The number of nitrogens with one attached hydrogen (secondary N) is 1. The quantitative estimate of drug-likeness (QED) is 0.675. The smallest absolute Gasteiger partial charge is 0.196 e. The van der Waals surface area contributed by atoms with Crippen LogP contribution in [0.3, 0.4) is 0 Å². The van der Waals surface area contributed by atoms with Crippen LogP contribution in [0, 0.1) is 5.82 Å². The van der Waals surface area contributed by atoms with E-state index in [4.69, 9.17) is 23.2 Å². The fourth-order valence-corrected chi connectivity index (χ4v) is 2.50. The first-order valence-electron chi connectivity index (χ1n) is 5.83. The third kappa shape index (κ3) is 2.09. The predicted molar refractivity (Wildman–Crippen MR) is 78.2 cm³/mol. The van der Waals surface area contributed by atoms with E-state index in [-0.39, 0.29) is 16.6 Å². The molecule has 0 spiro atoms. The van der Waals surface area contributed by atoms with Crippen LogP contribution in [0.2, 0.25) is 10.0 Å². The number of fused-ring (bicyclic) bond motifs is 1. The molecule has 1 heterocycles. The van der Waals surface area contributed by atoms with Crippen LogP contribution in [-0.2, 0) is 0 Å². The number of hydrogen-bond acceptors (Lipinski definition) is 1. The van der Waals surface area contributed by atoms with Gasteiger partial charge < -0.3 is 4.98 Å². The number of carbonyl (C=O) groups excluding carboxylic acids is 1. The van der Waals surface area contributed by atoms with Crippen molar-refractivity contribution in [3.05, 3.63) is 69.6 Å². The second kappa shape index (κ2) is 4.93. The number of carbonyl (C=O) groups is 1. The Morgan fingerprint density at radius 1 is 1.10 bits per heavy atom. The van der Waals surface area contributed by atoms with Crippen molar-refractivity contribution in [2.24, 2.45) is 0 Å². The number of hydrogen-bond donors (Lipinski definition) is 1. The third-order valence-electron chi connectivity index (χ3n) is 3.08. The van der Waals surface area contributed by atoms with Crippen LogP contribution in [0.5, 0.6) is 0 Å². The van der Waals surface area contributed by atoms with Gasteiger partial charge in [0.2, 0.25) is 0 Å². The highest BCUT2D eigenvalue weighted by Crippen LogP contribution is 2.29. The van der Waals surface area contributed by atoms with E-state index in [1.807, 2.05) is 0 Å². The normalized spacial score (nSPS) is 10.9. The molecule has 0 aliphatic rings. The SMILES string of the molecule is O=C(c1cccc(Cl)c1Cl)c1c[nH]c2cc(F)ccc12. The summed E-state index contributed by atoms with van der Waals surface area (Å²) in [5.74, 6) is -0.616. The van der Waals surface area contributed by atoms with Crippen LogP contribution in [0.15, 0.2) is 42.6 Å². The highest BCUT2D eigenvalue weighted by Gasteiger charge is 2.18. The van der Waals surface area contributed by atoms with Gasteiger partial charge in [-0.05, 0) is 30.3 Å². The fourth-order valence-electron chi connectivity index (χ4n) is 2.11. The Morgan fingerprint density at radius 2 is 1.90 bits per heavy atom. The zero-order chi connectivity index (χ0) is 14.3. The van der Waals surface area contributed by atoms with Crippen LogP contribution >= 0.6 is 23.2 Å². The lowest BCUT2D eigenvalue weighted by Crippen LogP contribution is -2.01. The van der Waals surface area contributed by atoms with Crippen molar-refractivity contribution in [1.29, 1.82) is 0 Å². The van der Waals surface area contributed by atoms with Crippen molar-refractivity contribution in [1.82, 2.24) is 4.98 Å². The minimum atomic E-state index is -0.362. The Kier molecular flexibility index (Phi) is 3.24. The van der Waals surface area contributed by atoms with Crippen LogP contribution in [0.4, 0.5) is 4.39 Å². The van der Waals surface area contributed by atoms with Gasteiger partial charge in [-0.15, -0.1) is 0 Å². The summed E-state index contributed by atoms with van der Waals surface area (Å²) in [4.78, 5) is 15.4. The van der Waals surface area contributed by atoms with E-state index in [9.17, 15) is 9.18 Å². The molecular weight excluding hydrogens is 300 g/mol. The van der Waals surface area contributed by atoms with Crippen LogP contribution in [0.1, 0.15) is 15.9 Å². The van der Waals surface area contributed by atoms with Gasteiger partial charge in [0.15, 0.2) is 5.78 Å². The van der Waals surface area contributed by atoms with Gasteiger partial charge in [0, 0.05) is 28.2 Å². The van der Waals surface area contributed by atoms with Gasteiger partial charge in [0.05, 0.1) is 10.0 Å². The minimum Gasteiger partial charge on any atom is -0.360 e. The Morgan fingerprint density at radius 3 is 2.70 bits per heavy atom. The van der Waals surface area contributed by atoms with Crippen LogP contribution in [-0.4, -0.2) is 10.8 Å².